The van der Waals surface area contributed by atoms with Crippen LogP contribution >= 0.6 is 21.6 Å². The van der Waals surface area contributed by atoms with Gasteiger partial charge in [0.2, 0.25) is 17.7 Å². The summed E-state index contributed by atoms with van der Waals surface area (Å²) >= 11 is 0. The van der Waals surface area contributed by atoms with Gasteiger partial charge in [0.1, 0.15) is 30.2 Å². The SMILES string of the molecule is CCC(=O)CCNC(=O)CCc1ccc(NC(=O)COCC(=O)C(NC(C)(C)C(=O)CC(N)=O)SSCC(C)=O)cc1. The van der Waals surface area contributed by atoms with E-state index in [1.807, 2.05) is 0 Å². The first-order valence-corrected chi connectivity index (χ1v) is 15.8. The molecule has 14 heteroatoms. The Hall–Kier alpha value is -3.07. The van der Waals surface area contributed by atoms with E-state index in [0.29, 0.717) is 31.5 Å². The zero-order valence-electron chi connectivity index (χ0n) is 24.4. The summed E-state index contributed by atoms with van der Waals surface area (Å²) in [4.78, 5) is 83.3. The maximum Gasteiger partial charge on any atom is 0.250 e. The van der Waals surface area contributed by atoms with Gasteiger partial charge in [-0.15, -0.1) is 0 Å². The lowest BCUT2D eigenvalue weighted by molar-refractivity contribution is -0.130. The fourth-order valence-electron chi connectivity index (χ4n) is 3.27. The Balaban J connectivity index is 2.55. The zero-order chi connectivity index (χ0) is 31.7. The smallest absolute Gasteiger partial charge is 0.250 e. The molecule has 42 heavy (non-hydrogen) atoms. The van der Waals surface area contributed by atoms with E-state index in [1.165, 1.54) is 20.8 Å². The second-order valence-corrected chi connectivity index (χ2v) is 12.4. The summed E-state index contributed by atoms with van der Waals surface area (Å²) in [6, 6.07) is 6.93. The molecule has 1 aromatic carbocycles. The number of anilines is 1. The van der Waals surface area contributed by atoms with Crippen LogP contribution in [0.15, 0.2) is 24.3 Å². The number of nitrogens with two attached hydrogens (primary N) is 1. The molecule has 0 aromatic heterocycles. The van der Waals surface area contributed by atoms with Gasteiger partial charge < -0.3 is 21.1 Å². The zero-order valence-corrected chi connectivity index (χ0v) is 26.0. The number of amides is 3. The highest BCUT2D eigenvalue weighted by Gasteiger charge is 2.34. The van der Waals surface area contributed by atoms with Crippen molar-refractivity contribution in [2.24, 2.45) is 5.73 Å². The molecule has 1 atom stereocenters. The van der Waals surface area contributed by atoms with Gasteiger partial charge >= 0.3 is 0 Å². The number of rotatable bonds is 22. The maximum absolute atomic E-state index is 12.8. The van der Waals surface area contributed by atoms with Gasteiger partial charge in [-0.1, -0.05) is 40.6 Å². The number of benzene rings is 1. The minimum Gasteiger partial charge on any atom is -0.369 e. The standard InChI is InChI=1S/C28H40N4O8S2/c1-5-21(34)12-13-30-25(38)11-8-19-6-9-20(10-7-19)31-26(39)16-40-15-22(35)27(42-41-17-18(2)33)32-28(3,4)23(36)14-24(29)37/h6-7,9-10,27,32H,5,8,11-17H2,1-4H3,(H2,29,37)(H,30,38)(H,31,39). The number of Topliss-reactive ketones (excluding diaryl/α,β-unsaturated/α-hetero) is 4. The summed E-state index contributed by atoms with van der Waals surface area (Å²) in [6.07, 6.45) is 1.04. The van der Waals surface area contributed by atoms with Crippen molar-refractivity contribution in [3.05, 3.63) is 29.8 Å². The first-order valence-electron chi connectivity index (χ1n) is 13.4. The molecule has 0 aliphatic heterocycles. The second-order valence-electron chi connectivity index (χ2n) is 9.97. The second kappa shape index (κ2) is 19.2. The van der Waals surface area contributed by atoms with Crippen LogP contribution in [0.1, 0.15) is 58.9 Å². The quantitative estimate of drug-likeness (QED) is 0.0835. The number of carbonyl (C=O) groups excluding carboxylic acids is 7. The Morgan fingerprint density at radius 2 is 1.64 bits per heavy atom. The van der Waals surface area contributed by atoms with Crippen LogP contribution in [0.4, 0.5) is 5.69 Å². The average molecular weight is 625 g/mol. The third-order valence-corrected chi connectivity index (χ3v) is 8.29. The molecule has 0 fully saturated rings. The Morgan fingerprint density at radius 1 is 0.976 bits per heavy atom. The molecule has 0 heterocycles. The van der Waals surface area contributed by atoms with E-state index in [9.17, 15) is 33.6 Å². The average Bonchev–Trinajstić information content (AvgIpc) is 2.91. The van der Waals surface area contributed by atoms with Crippen LogP contribution in [0.3, 0.4) is 0 Å². The predicted octanol–water partition coefficient (Wildman–Crippen LogP) is 1.74. The molecule has 12 nitrogen and oxygen atoms in total. The van der Waals surface area contributed by atoms with E-state index >= 15 is 0 Å². The molecule has 0 saturated carbocycles. The first kappa shape index (κ1) is 37.0. The van der Waals surface area contributed by atoms with Crippen molar-refractivity contribution in [1.29, 1.82) is 0 Å². The monoisotopic (exact) mass is 624 g/mol. The topological polar surface area (TPSA) is 191 Å². The summed E-state index contributed by atoms with van der Waals surface area (Å²) in [7, 11) is 2.17. The van der Waals surface area contributed by atoms with Crippen LogP contribution in [0.5, 0.6) is 0 Å². The molecule has 1 rings (SSSR count). The van der Waals surface area contributed by atoms with E-state index in [0.717, 1.165) is 27.2 Å². The molecule has 0 saturated heterocycles. The number of aryl methyl sites for hydroxylation is 1. The lowest BCUT2D eigenvalue weighted by atomic mass is 9.96. The summed E-state index contributed by atoms with van der Waals surface area (Å²) in [5.74, 6) is -2.24. The molecule has 5 N–H and O–H groups in total. The van der Waals surface area contributed by atoms with Gasteiger partial charge in [-0.3, -0.25) is 38.9 Å². The molecule has 1 aromatic rings. The Morgan fingerprint density at radius 3 is 2.24 bits per heavy atom. The lowest BCUT2D eigenvalue weighted by Crippen LogP contribution is -2.54. The number of hydrogen-bond acceptors (Lipinski definition) is 11. The number of primary amides is 1. The van der Waals surface area contributed by atoms with Gasteiger partial charge in [0, 0.05) is 31.5 Å². The minimum atomic E-state index is -1.26. The van der Waals surface area contributed by atoms with Gasteiger partial charge in [0.05, 0.1) is 17.7 Å². The van der Waals surface area contributed by atoms with E-state index in [2.05, 4.69) is 16.0 Å². The lowest BCUT2D eigenvalue weighted by Gasteiger charge is -2.29. The highest BCUT2D eigenvalue weighted by atomic mass is 33.1. The molecule has 0 radical (unpaired) electrons. The molecule has 0 aliphatic carbocycles. The van der Waals surface area contributed by atoms with Crippen LogP contribution in [0, 0.1) is 0 Å². The van der Waals surface area contributed by atoms with Gasteiger partial charge in [-0.25, -0.2) is 0 Å². The molecule has 1 unspecified atom stereocenters. The maximum atomic E-state index is 12.8. The Labute approximate surface area is 253 Å². The van der Waals surface area contributed by atoms with E-state index < -0.39 is 53.9 Å². The number of ether oxygens (including phenoxy) is 1. The summed E-state index contributed by atoms with van der Waals surface area (Å²) < 4.78 is 5.30. The summed E-state index contributed by atoms with van der Waals surface area (Å²) in [5.41, 5.74) is 5.26. The van der Waals surface area contributed by atoms with Crippen LogP contribution < -0.4 is 21.7 Å². The molecule has 0 aliphatic rings. The van der Waals surface area contributed by atoms with Gasteiger partial charge in [-0.2, -0.15) is 0 Å². The normalized spacial score (nSPS) is 11.8. The molecule has 232 valence electrons. The molecular formula is C28H40N4O8S2. The highest BCUT2D eigenvalue weighted by molar-refractivity contribution is 8.77. The van der Waals surface area contributed by atoms with Gasteiger partial charge in [-0.05, 0) is 44.9 Å². The Bertz CT molecular complexity index is 1130. The molecule has 0 spiro atoms. The summed E-state index contributed by atoms with van der Waals surface area (Å²) in [5, 5.41) is 7.32. The number of hydrogen-bond donors (Lipinski definition) is 4. The van der Waals surface area contributed by atoms with Crippen LogP contribution in [-0.4, -0.2) is 77.3 Å². The third-order valence-electron chi connectivity index (χ3n) is 5.72. The first-order chi connectivity index (χ1) is 19.7. The fraction of sp³-hybridized carbons (Fsp3) is 0.536. The van der Waals surface area contributed by atoms with Crippen molar-refractivity contribution in [3.63, 3.8) is 0 Å². The van der Waals surface area contributed by atoms with Crippen molar-refractivity contribution < 1.29 is 38.3 Å². The predicted molar refractivity (Wildman–Crippen MR) is 163 cm³/mol. The Kier molecular flexibility index (Phi) is 16.9. The summed E-state index contributed by atoms with van der Waals surface area (Å²) in [6.45, 7) is 5.70. The third kappa shape index (κ3) is 15.8. The van der Waals surface area contributed by atoms with E-state index in [-0.39, 0.29) is 29.6 Å². The fourth-order valence-corrected chi connectivity index (χ4v) is 5.73. The number of carbonyl (C=O) groups is 7. The van der Waals surface area contributed by atoms with Crippen LogP contribution in [0.2, 0.25) is 0 Å². The molecule has 0 bridgehead atoms. The van der Waals surface area contributed by atoms with Crippen molar-refractivity contribution in [3.8, 4) is 0 Å². The van der Waals surface area contributed by atoms with Crippen molar-refractivity contribution in [2.45, 2.75) is 70.7 Å². The molecular weight excluding hydrogens is 584 g/mol. The van der Waals surface area contributed by atoms with E-state index in [4.69, 9.17) is 10.5 Å². The van der Waals surface area contributed by atoms with Crippen molar-refractivity contribution >= 4 is 68.1 Å². The van der Waals surface area contributed by atoms with Gasteiger partial charge in [0.25, 0.3) is 0 Å². The van der Waals surface area contributed by atoms with Crippen LogP contribution in [0.25, 0.3) is 0 Å². The largest absolute Gasteiger partial charge is 0.369 e. The van der Waals surface area contributed by atoms with E-state index in [1.54, 1.807) is 31.2 Å². The number of nitrogens with one attached hydrogen (secondary N) is 3. The van der Waals surface area contributed by atoms with Crippen LogP contribution in [-0.2, 0) is 44.7 Å². The van der Waals surface area contributed by atoms with Crippen molar-refractivity contribution in [2.75, 3.05) is 30.8 Å². The van der Waals surface area contributed by atoms with Crippen molar-refractivity contribution in [1.82, 2.24) is 10.6 Å². The number of ketones is 4. The highest BCUT2D eigenvalue weighted by Crippen LogP contribution is 2.28. The minimum absolute atomic E-state index is 0.0919. The molecule has 3 amide bonds. The van der Waals surface area contributed by atoms with Gasteiger partial charge in [0.15, 0.2) is 11.6 Å².